The van der Waals surface area contributed by atoms with Gasteiger partial charge in [0.1, 0.15) is 11.4 Å². The molecule has 136 valence electrons. The smallest absolute Gasteiger partial charge is 0.240 e. The summed E-state index contributed by atoms with van der Waals surface area (Å²) in [6, 6.07) is 14.5. The molecule has 0 spiro atoms. The normalized spacial score (nSPS) is 14.1. The topological polar surface area (TPSA) is 64.6 Å². The lowest BCUT2D eigenvalue weighted by Crippen LogP contribution is -2.42. The second-order valence-electron chi connectivity index (χ2n) is 5.87. The summed E-state index contributed by atoms with van der Waals surface area (Å²) in [5, 5.41) is 0. The van der Waals surface area contributed by atoms with Gasteiger partial charge in [-0.1, -0.05) is 37.3 Å². The van der Waals surface area contributed by atoms with E-state index in [1.54, 1.807) is 39.3 Å². The first-order chi connectivity index (χ1) is 11.9. The number of ether oxygens (including phenoxy) is 2. The molecular formula is C19H25NO4S. The summed E-state index contributed by atoms with van der Waals surface area (Å²) < 4.78 is 39.1. The predicted molar refractivity (Wildman–Crippen MR) is 98.3 cm³/mol. The molecular weight excluding hydrogens is 338 g/mol. The Bertz CT molecular complexity index is 799. The van der Waals surface area contributed by atoms with Crippen molar-refractivity contribution in [2.75, 3.05) is 20.8 Å². The van der Waals surface area contributed by atoms with Crippen molar-refractivity contribution in [3.8, 4) is 5.75 Å². The third kappa shape index (κ3) is 4.21. The Balaban J connectivity index is 2.28. The Morgan fingerprint density at radius 2 is 1.76 bits per heavy atom. The van der Waals surface area contributed by atoms with E-state index in [9.17, 15) is 8.42 Å². The van der Waals surface area contributed by atoms with Crippen molar-refractivity contribution in [1.29, 1.82) is 0 Å². The Kier molecular flexibility index (Phi) is 6.21. The Morgan fingerprint density at radius 3 is 2.28 bits per heavy atom. The van der Waals surface area contributed by atoms with Crippen LogP contribution in [0.1, 0.15) is 24.5 Å². The number of methoxy groups -OCH3 is 2. The molecule has 0 fully saturated rings. The molecule has 25 heavy (non-hydrogen) atoms. The first-order valence-electron chi connectivity index (χ1n) is 8.13. The maximum Gasteiger partial charge on any atom is 0.240 e. The predicted octanol–water partition coefficient (Wildman–Crippen LogP) is 3.23. The molecule has 2 aromatic carbocycles. The van der Waals surface area contributed by atoms with Gasteiger partial charge in [0.25, 0.3) is 0 Å². The van der Waals surface area contributed by atoms with E-state index in [2.05, 4.69) is 4.72 Å². The fourth-order valence-corrected chi connectivity index (χ4v) is 4.16. The fraction of sp³-hybridized carbons (Fsp3) is 0.368. The first kappa shape index (κ1) is 19.4. The standard InChI is InChI=1S/C19H25NO4S/c1-5-19(24-4,16-9-7-6-8-10-16)14-20-25(21,22)18-12-11-17(23-3)13-15(18)2/h6-13,20H,5,14H2,1-4H3/t19-/m0/s1. The van der Waals surface area contributed by atoms with Gasteiger partial charge in [0.15, 0.2) is 0 Å². The van der Waals surface area contributed by atoms with Crippen molar-refractivity contribution in [3.63, 3.8) is 0 Å². The number of hydrogen-bond donors (Lipinski definition) is 1. The van der Waals surface area contributed by atoms with Crippen molar-refractivity contribution < 1.29 is 17.9 Å². The minimum atomic E-state index is -3.66. The van der Waals surface area contributed by atoms with Crippen LogP contribution in [-0.4, -0.2) is 29.2 Å². The average Bonchev–Trinajstić information content (AvgIpc) is 2.63. The minimum Gasteiger partial charge on any atom is -0.497 e. The number of benzene rings is 2. The zero-order chi connectivity index (χ0) is 18.5. The summed E-state index contributed by atoms with van der Waals surface area (Å²) in [6.07, 6.45) is 0.637. The largest absolute Gasteiger partial charge is 0.497 e. The molecule has 2 rings (SSSR count). The summed E-state index contributed by atoms with van der Waals surface area (Å²) in [4.78, 5) is 0.238. The van der Waals surface area contributed by atoms with Crippen molar-refractivity contribution in [3.05, 3.63) is 59.7 Å². The summed E-state index contributed by atoms with van der Waals surface area (Å²) in [5.74, 6) is 0.625. The Hall–Kier alpha value is -1.89. The highest BCUT2D eigenvalue weighted by atomic mass is 32.2. The Morgan fingerprint density at radius 1 is 1.08 bits per heavy atom. The van der Waals surface area contributed by atoms with Crippen LogP contribution in [0.4, 0.5) is 0 Å². The van der Waals surface area contributed by atoms with Gasteiger partial charge in [-0.15, -0.1) is 0 Å². The van der Waals surface area contributed by atoms with E-state index in [1.807, 2.05) is 37.3 Å². The van der Waals surface area contributed by atoms with Gasteiger partial charge in [-0.3, -0.25) is 0 Å². The van der Waals surface area contributed by atoms with Crippen LogP contribution in [0.25, 0.3) is 0 Å². The number of aryl methyl sites for hydroxylation is 1. The third-order valence-electron chi connectivity index (χ3n) is 4.48. The zero-order valence-electron chi connectivity index (χ0n) is 15.1. The van der Waals surface area contributed by atoms with E-state index < -0.39 is 15.6 Å². The van der Waals surface area contributed by atoms with Crippen LogP contribution < -0.4 is 9.46 Å². The third-order valence-corrected chi connectivity index (χ3v) is 6.04. The molecule has 0 aliphatic carbocycles. The summed E-state index contributed by atoms with van der Waals surface area (Å²) in [5.41, 5.74) is 0.856. The van der Waals surface area contributed by atoms with Gasteiger partial charge in [-0.05, 0) is 42.7 Å². The molecule has 0 aromatic heterocycles. The SMILES string of the molecule is CC[C@@](CNS(=O)(=O)c1ccc(OC)cc1C)(OC)c1ccccc1. The van der Waals surface area contributed by atoms with Crippen LogP contribution in [0.15, 0.2) is 53.4 Å². The Labute approximate surface area is 150 Å². The van der Waals surface area contributed by atoms with Crippen LogP contribution in [0.5, 0.6) is 5.75 Å². The van der Waals surface area contributed by atoms with Gasteiger partial charge < -0.3 is 9.47 Å². The van der Waals surface area contributed by atoms with Crippen LogP contribution in [0.2, 0.25) is 0 Å². The fourth-order valence-electron chi connectivity index (χ4n) is 2.85. The molecule has 5 nitrogen and oxygen atoms in total. The quantitative estimate of drug-likeness (QED) is 0.782. The number of sulfonamides is 1. The molecule has 0 aliphatic heterocycles. The lowest BCUT2D eigenvalue weighted by molar-refractivity contribution is -0.0133. The van der Waals surface area contributed by atoms with Crippen molar-refractivity contribution in [2.45, 2.75) is 30.8 Å². The molecule has 0 radical (unpaired) electrons. The molecule has 0 heterocycles. The number of hydrogen-bond acceptors (Lipinski definition) is 4. The maximum absolute atomic E-state index is 12.8. The second kappa shape index (κ2) is 7.99. The monoisotopic (exact) mass is 363 g/mol. The number of nitrogens with one attached hydrogen (secondary N) is 1. The summed E-state index contributed by atoms with van der Waals surface area (Å²) in [7, 11) is -0.511. The van der Waals surface area contributed by atoms with Crippen LogP contribution in [0.3, 0.4) is 0 Å². The van der Waals surface area contributed by atoms with E-state index in [-0.39, 0.29) is 11.4 Å². The van der Waals surface area contributed by atoms with E-state index >= 15 is 0 Å². The van der Waals surface area contributed by atoms with E-state index in [0.717, 1.165) is 5.56 Å². The molecule has 1 N–H and O–H groups in total. The summed E-state index contributed by atoms with van der Waals surface area (Å²) in [6.45, 7) is 3.87. The number of rotatable bonds is 8. The highest BCUT2D eigenvalue weighted by Gasteiger charge is 2.32. The lowest BCUT2D eigenvalue weighted by atomic mass is 9.91. The van der Waals surface area contributed by atoms with Gasteiger partial charge in [0.2, 0.25) is 10.0 Å². The van der Waals surface area contributed by atoms with Gasteiger partial charge in [-0.25, -0.2) is 13.1 Å². The molecule has 1 atom stereocenters. The second-order valence-corrected chi connectivity index (χ2v) is 7.61. The highest BCUT2D eigenvalue weighted by Crippen LogP contribution is 2.29. The zero-order valence-corrected chi connectivity index (χ0v) is 15.9. The van der Waals surface area contributed by atoms with Crippen molar-refractivity contribution in [1.82, 2.24) is 4.72 Å². The average molecular weight is 363 g/mol. The maximum atomic E-state index is 12.8. The molecule has 2 aromatic rings. The first-order valence-corrected chi connectivity index (χ1v) is 9.62. The van der Waals surface area contributed by atoms with Crippen molar-refractivity contribution in [2.24, 2.45) is 0 Å². The lowest BCUT2D eigenvalue weighted by Gasteiger charge is -2.32. The van der Waals surface area contributed by atoms with E-state index in [1.165, 1.54) is 0 Å². The highest BCUT2D eigenvalue weighted by molar-refractivity contribution is 7.89. The van der Waals surface area contributed by atoms with Crippen molar-refractivity contribution >= 4 is 10.0 Å². The van der Waals surface area contributed by atoms with E-state index in [4.69, 9.17) is 9.47 Å². The van der Waals surface area contributed by atoms with Gasteiger partial charge >= 0.3 is 0 Å². The molecule has 0 amide bonds. The van der Waals surface area contributed by atoms with Crippen LogP contribution >= 0.6 is 0 Å². The molecule has 6 heteroatoms. The van der Waals surface area contributed by atoms with Crippen LogP contribution in [0, 0.1) is 6.92 Å². The molecule has 0 unspecified atom stereocenters. The summed E-state index contributed by atoms with van der Waals surface area (Å²) >= 11 is 0. The minimum absolute atomic E-state index is 0.151. The molecule has 0 aliphatic rings. The molecule has 0 saturated heterocycles. The molecule has 0 saturated carbocycles. The molecule has 0 bridgehead atoms. The van der Waals surface area contributed by atoms with Gasteiger partial charge in [0.05, 0.1) is 12.0 Å². The van der Waals surface area contributed by atoms with Gasteiger partial charge in [0, 0.05) is 13.7 Å². The van der Waals surface area contributed by atoms with E-state index in [0.29, 0.717) is 17.7 Å². The van der Waals surface area contributed by atoms with Crippen LogP contribution in [-0.2, 0) is 20.4 Å². The van der Waals surface area contributed by atoms with Gasteiger partial charge in [-0.2, -0.15) is 0 Å².